The van der Waals surface area contributed by atoms with Crippen molar-refractivity contribution in [2.45, 2.75) is 12.3 Å². The number of hydrogen-bond acceptors (Lipinski definition) is 2. The first-order chi connectivity index (χ1) is 7.36. The Kier molecular flexibility index (Phi) is 2.43. The maximum absolute atomic E-state index is 6.42. The van der Waals surface area contributed by atoms with Gasteiger partial charge in [0.15, 0.2) is 0 Å². The van der Waals surface area contributed by atoms with E-state index in [1.807, 2.05) is 11.3 Å². The van der Waals surface area contributed by atoms with Crippen LogP contribution in [0.25, 0.3) is 10.1 Å². The van der Waals surface area contributed by atoms with Crippen LogP contribution in [-0.4, -0.2) is 13.1 Å². The summed E-state index contributed by atoms with van der Waals surface area (Å²) in [5.74, 6) is 0.620. The van der Waals surface area contributed by atoms with Gasteiger partial charge in [0.25, 0.3) is 0 Å². The standard InChI is InChI=1S/C12H12ClNS/c13-11-9-3-1-2-4-10(9)15-12(11)8-5-6-14-7-8/h1-4,8,14H,5-7H2. The minimum absolute atomic E-state index is 0.620. The highest BCUT2D eigenvalue weighted by Crippen LogP contribution is 2.41. The van der Waals surface area contributed by atoms with Crippen molar-refractivity contribution >= 4 is 33.0 Å². The zero-order valence-electron chi connectivity index (χ0n) is 8.29. The van der Waals surface area contributed by atoms with Gasteiger partial charge in [-0.1, -0.05) is 29.8 Å². The predicted octanol–water partition coefficient (Wildman–Crippen LogP) is 3.63. The Bertz CT molecular complexity index is 485. The molecular weight excluding hydrogens is 226 g/mol. The number of hydrogen-bond donors (Lipinski definition) is 1. The van der Waals surface area contributed by atoms with E-state index in [9.17, 15) is 0 Å². The van der Waals surface area contributed by atoms with Gasteiger partial charge in [0.1, 0.15) is 0 Å². The molecule has 1 unspecified atom stereocenters. The molecule has 3 rings (SSSR count). The van der Waals surface area contributed by atoms with Crippen LogP contribution in [0.2, 0.25) is 5.02 Å². The lowest BCUT2D eigenvalue weighted by molar-refractivity contribution is 0.779. The van der Waals surface area contributed by atoms with Crippen LogP contribution in [0.5, 0.6) is 0 Å². The fourth-order valence-corrected chi connectivity index (χ4v) is 3.90. The highest BCUT2D eigenvalue weighted by molar-refractivity contribution is 7.19. The summed E-state index contributed by atoms with van der Waals surface area (Å²) in [6, 6.07) is 8.39. The second kappa shape index (κ2) is 3.78. The molecule has 1 aliphatic heterocycles. The highest BCUT2D eigenvalue weighted by Gasteiger charge is 2.22. The van der Waals surface area contributed by atoms with E-state index >= 15 is 0 Å². The first-order valence-corrected chi connectivity index (χ1v) is 6.43. The van der Waals surface area contributed by atoms with E-state index in [0.717, 1.165) is 18.1 Å². The van der Waals surface area contributed by atoms with Crippen molar-refractivity contribution in [3.05, 3.63) is 34.2 Å². The van der Waals surface area contributed by atoms with E-state index in [-0.39, 0.29) is 0 Å². The third kappa shape index (κ3) is 1.57. The van der Waals surface area contributed by atoms with Crippen LogP contribution < -0.4 is 5.32 Å². The molecule has 0 bridgehead atoms. The van der Waals surface area contributed by atoms with Gasteiger partial charge in [-0.2, -0.15) is 0 Å². The van der Waals surface area contributed by atoms with Crippen LogP contribution in [0, 0.1) is 0 Å². The molecule has 0 spiro atoms. The summed E-state index contributed by atoms with van der Waals surface area (Å²) in [4.78, 5) is 1.36. The summed E-state index contributed by atoms with van der Waals surface area (Å²) in [5.41, 5.74) is 0. The quantitative estimate of drug-likeness (QED) is 0.799. The van der Waals surface area contributed by atoms with Gasteiger partial charge in [-0.25, -0.2) is 0 Å². The fourth-order valence-electron chi connectivity index (χ4n) is 2.17. The van der Waals surface area contributed by atoms with Gasteiger partial charge in [0, 0.05) is 27.4 Å². The maximum atomic E-state index is 6.42. The smallest absolute Gasteiger partial charge is 0.0627 e. The van der Waals surface area contributed by atoms with E-state index < -0.39 is 0 Å². The SMILES string of the molecule is Clc1c(C2CCNC2)sc2ccccc12. The summed E-state index contributed by atoms with van der Waals surface area (Å²) in [6.07, 6.45) is 1.21. The number of fused-ring (bicyclic) bond motifs is 1. The molecular formula is C12H12ClNS. The molecule has 15 heavy (non-hydrogen) atoms. The number of halogens is 1. The molecule has 0 saturated carbocycles. The first kappa shape index (κ1) is 9.64. The lowest BCUT2D eigenvalue weighted by Gasteiger charge is -2.04. The molecule has 0 aliphatic carbocycles. The molecule has 0 radical (unpaired) electrons. The molecule has 1 atom stereocenters. The number of thiophene rings is 1. The van der Waals surface area contributed by atoms with Gasteiger partial charge >= 0.3 is 0 Å². The van der Waals surface area contributed by atoms with Gasteiger partial charge in [-0.15, -0.1) is 11.3 Å². The number of nitrogens with one attached hydrogen (secondary N) is 1. The minimum Gasteiger partial charge on any atom is -0.316 e. The van der Waals surface area contributed by atoms with Gasteiger partial charge in [0.05, 0.1) is 5.02 Å². The second-order valence-corrected chi connectivity index (χ2v) is 5.43. The van der Waals surface area contributed by atoms with Crippen molar-refractivity contribution in [3.63, 3.8) is 0 Å². The van der Waals surface area contributed by atoms with Gasteiger partial charge < -0.3 is 5.32 Å². The Balaban J connectivity index is 2.14. The Labute approximate surface area is 98.1 Å². The molecule has 1 nitrogen and oxygen atoms in total. The van der Waals surface area contributed by atoms with Crippen molar-refractivity contribution in [1.29, 1.82) is 0 Å². The monoisotopic (exact) mass is 237 g/mol. The normalized spacial score (nSPS) is 21.3. The number of benzene rings is 1. The summed E-state index contributed by atoms with van der Waals surface area (Å²) in [7, 11) is 0. The minimum atomic E-state index is 0.620. The average Bonchev–Trinajstić information content (AvgIpc) is 2.87. The zero-order valence-corrected chi connectivity index (χ0v) is 9.87. The lowest BCUT2D eigenvalue weighted by atomic mass is 10.1. The van der Waals surface area contributed by atoms with Crippen LogP contribution in [0.15, 0.2) is 24.3 Å². The molecule has 1 aromatic heterocycles. The average molecular weight is 238 g/mol. The molecule has 0 amide bonds. The summed E-state index contributed by atoms with van der Waals surface area (Å²) in [5, 5.41) is 5.58. The third-order valence-corrected chi connectivity index (χ3v) is 4.84. The van der Waals surface area contributed by atoms with E-state index in [0.29, 0.717) is 5.92 Å². The summed E-state index contributed by atoms with van der Waals surface area (Å²) < 4.78 is 1.31. The Morgan fingerprint density at radius 3 is 2.93 bits per heavy atom. The molecule has 78 valence electrons. The van der Waals surface area contributed by atoms with Crippen LogP contribution in [0.4, 0.5) is 0 Å². The second-order valence-electron chi connectivity index (χ2n) is 3.97. The van der Waals surface area contributed by atoms with Crippen LogP contribution in [0.1, 0.15) is 17.2 Å². The van der Waals surface area contributed by atoms with Crippen LogP contribution >= 0.6 is 22.9 Å². The van der Waals surface area contributed by atoms with E-state index in [2.05, 4.69) is 29.6 Å². The third-order valence-electron chi connectivity index (χ3n) is 2.99. The van der Waals surface area contributed by atoms with Gasteiger partial charge in [0.2, 0.25) is 0 Å². The number of rotatable bonds is 1. The predicted molar refractivity (Wildman–Crippen MR) is 67.1 cm³/mol. The molecule has 1 aliphatic rings. The van der Waals surface area contributed by atoms with E-state index in [4.69, 9.17) is 11.6 Å². The van der Waals surface area contributed by atoms with Gasteiger partial charge in [-0.3, -0.25) is 0 Å². The van der Waals surface area contributed by atoms with Crippen LogP contribution in [-0.2, 0) is 0 Å². The van der Waals surface area contributed by atoms with Crippen molar-refractivity contribution in [3.8, 4) is 0 Å². The topological polar surface area (TPSA) is 12.0 Å². The van der Waals surface area contributed by atoms with E-state index in [1.54, 1.807) is 0 Å². The summed E-state index contributed by atoms with van der Waals surface area (Å²) in [6.45, 7) is 2.20. The van der Waals surface area contributed by atoms with E-state index in [1.165, 1.54) is 21.4 Å². The van der Waals surface area contributed by atoms with Crippen molar-refractivity contribution in [2.24, 2.45) is 0 Å². The summed E-state index contributed by atoms with van der Waals surface area (Å²) >= 11 is 8.27. The molecule has 3 heteroatoms. The van der Waals surface area contributed by atoms with Crippen LogP contribution in [0.3, 0.4) is 0 Å². The Morgan fingerprint density at radius 1 is 1.33 bits per heavy atom. The molecule has 2 heterocycles. The molecule has 1 saturated heterocycles. The van der Waals surface area contributed by atoms with Crippen molar-refractivity contribution in [2.75, 3.05) is 13.1 Å². The Morgan fingerprint density at radius 2 is 2.20 bits per heavy atom. The van der Waals surface area contributed by atoms with Crippen molar-refractivity contribution in [1.82, 2.24) is 5.32 Å². The molecule has 1 aromatic carbocycles. The Hall–Kier alpha value is -0.570. The molecule has 1 fully saturated rings. The highest BCUT2D eigenvalue weighted by atomic mass is 35.5. The largest absolute Gasteiger partial charge is 0.316 e. The van der Waals surface area contributed by atoms with Crippen molar-refractivity contribution < 1.29 is 0 Å². The molecule has 2 aromatic rings. The zero-order chi connectivity index (χ0) is 10.3. The van der Waals surface area contributed by atoms with Gasteiger partial charge in [-0.05, 0) is 19.0 Å². The maximum Gasteiger partial charge on any atom is 0.0627 e. The lowest BCUT2D eigenvalue weighted by Crippen LogP contribution is -2.07. The molecule has 1 N–H and O–H groups in total. The fraction of sp³-hybridized carbons (Fsp3) is 0.333. The first-order valence-electron chi connectivity index (χ1n) is 5.24.